The van der Waals surface area contributed by atoms with Gasteiger partial charge in [0.25, 0.3) is 0 Å². The molecule has 1 aromatic carbocycles. The molecule has 0 aromatic heterocycles. The standard InChI is InChI=1S/C12H13F3N2O/c1-3-17-7(2)11(18)16-9-6-4-5-8(10(9)17)12(13,14)15/h4-7H,3H2,1-2H3,(H,16,18). The van der Waals surface area contributed by atoms with Crippen molar-refractivity contribution in [3.8, 4) is 0 Å². The summed E-state index contributed by atoms with van der Waals surface area (Å²) in [6, 6.07) is 3.21. The summed E-state index contributed by atoms with van der Waals surface area (Å²) >= 11 is 0. The van der Waals surface area contributed by atoms with E-state index in [4.69, 9.17) is 0 Å². The van der Waals surface area contributed by atoms with Gasteiger partial charge >= 0.3 is 6.18 Å². The molecule has 1 unspecified atom stereocenters. The topological polar surface area (TPSA) is 32.3 Å². The van der Waals surface area contributed by atoms with E-state index < -0.39 is 17.8 Å². The Morgan fingerprint density at radius 3 is 2.61 bits per heavy atom. The van der Waals surface area contributed by atoms with Crippen LogP contribution in [-0.2, 0) is 11.0 Å². The lowest BCUT2D eigenvalue weighted by molar-refractivity contribution is -0.137. The van der Waals surface area contributed by atoms with Crippen molar-refractivity contribution < 1.29 is 18.0 Å². The van der Waals surface area contributed by atoms with Gasteiger partial charge in [0.2, 0.25) is 5.91 Å². The maximum atomic E-state index is 13.0. The summed E-state index contributed by atoms with van der Waals surface area (Å²) in [6.07, 6.45) is -4.43. The Morgan fingerprint density at radius 2 is 2.06 bits per heavy atom. The monoisotopic (exact) mass is 258 g/mol. The first-order chi connectivity index (χ1) is 8.36. The molecule has 0 radical (unpaired) electrons. The fourth-order valence-electron chi connectivity index (χ4n) is 2.19. The van der Waals surface area contributed by atoms with Crippen LogP contribution in [0.15, 0.2) is 18.2 Å². The summed E-state index contributed by atoms with van der Waals surface area (Å²) < 4.78 is 38.9. The second-order valence-electron chi connectivity index (χ2n) is 4.15. The lowest BCUT2D eigenvalue weighted by Crippen LogP contribution is -2.47. The van der Waals surface area contributed by atoms with Crippen LogP contribution in [0.4, 0.5) is 24.5 Å². The molecule has 18 heavy (non-hydrogen) atoms. The van der Waals surface area contributed by atoms with Crippen LogP contribution in [-0.4, -0.2) is 18.5 Å². The zero-order valence-electron chi connectivity index (χ0n) is 10.0. The van der Waals surface area contributed by atoms with Gasteiger partial charge in [-0.05, 0) is 26.0 Å². The third-order valence-corrected chi connectivity index (χ3v) is 3.07. The van der Waals surface area contributed by atoms with Crippen LogP contribution >= 0.6 is 0 Å². The molecule has 98 valence electrons. The number of alkyl halides is 3. The van der Waals surface area contributed by atoms with Gasteiger partial charge in [-0.25, -0.2) is 0 Å². The average Bonchev–Trinajstić information content (AvgIpc) is 2.29. The molecule has 1 heterocycles. The van der Waals surface area contributed by atoms with Gasteiger partial charge in [0.1, 0.15) is 6.04 Å². The number of anilines is 2. The van der Waals surface area contributed by atoms with Gasteiger partial charge in [-0.15, -0.1) is 0 Å². The zero-order valence-corrected chi connectivity index (χ0v) is 10.0. The molecule has 1 aliphatic rings. The average molecular weight is 258 g/mol. The van der Waals surface area contributed by atoms with Crippen LogP contribution in [0.2, 0.25) is 0 Å². The third kappa shape index (κ3) is 1.91. The van der Waals surface area contributed by atoms with E-state index in [2.05, 4.69) is 5.32 Å². The van der Waals surface area contributed by atoms with Crippen LogP contribution < -0.4 is 10.2 Å². The quantitative estimate of drug-likeness (QED) is 0.840. The van der Waals surface area contributed by atoms with E-state index >= 15 is 0 Å². The smallest absolute Gasteiger partial charge is 0.358 e. The lowest BCUT2D eigenvalue weighted by Gasteiger charge is -2.37. The van der Waals surface area contributed by atoms with Crippen LogP contribution in [0.3, 0.4) is 0 Å². The summed E-state index contributed by atoms with van der Waals surface area (Å²) in [5.41, 5.74) is -0.442. The number of amides is 1. The normalized spacial score (nSPS) is 19.5. The first-order valence-electron chi connectivity index (χ1n) is 5.64. The second kappa shape index (κ2) is 4.19. The number of para-hydroxylation sites is 1. The number of benzene rings is 1. The summed E-state index contributed by atoms with van der Waals surface area (Å²) in [4.78, 5) is 13.1. The van der Waals surface area contributed by atoms with Gasteiger partial charge in [0.05, 0.1) is 16.9 Å². The molecular weight excluding hydrogens is 245 g/mol. The number of halogens is 3. The Hall–Kier alpha value is -1.72. The highest BCUT2D eigenvalue weighted by molar-refractivity contribution is 6.04. The number of likely N-dealkylation sites (N-methyl/N-ethyl adjacent to an activating group) is 1. The van der Waals surface area contributed by atoms with Crippen molar-refractivity contribution in [2.75, 3.05) is 16.8 Å². The third-order valence-electron chi connectivity index (χ3n) is 3.07. The zero-order chi connectivity index (χ0) is 13.5. The molecule has 0 spiro atoms. The van der Waals surface area contributed by atoms with Crippen LogP contribution in [0.5, 0.6) is 0 Å². The number of hydrogen-bond acceptors (Lipinski definition) is 2. The lowest BCUT2D eigenvalue weighted by atomic mass is 10.0. The first kappa shape index (κ1) is 12.7. The SMILES string of the molecule is CCN1c2c(cccc2C(F)(F)F)NC(=O)C1C. The molecule has 1 aromatic rings. The minimum atomic E-state index is -4.43. The number of nitrogens with zero attached hydrogens (tertiary/aromatic N) is 1. The second-order valence-corrected chi connectivity index (χ2v) is 4.15. The van der Waals surface area contributed by atoms with E-state index in [-0.39, 0.29) is 17.3 Å². The predicted octanol–water partition coefficient (Wildman–Crippen LogP) is 2.87. The summed E-state index contributed by atoms with van der Waals surface area (Å²) in [5.74, 6) is -0.288. The van der Waals surface area contributed by atoms with Crippen molar-refractivity contribution >= 4 is 17.3 Å². The Labute approximate surface area is 103 Å². The number of carbonyl (C=O) groups excluding carboxylic acids is 1. The van der Waals surface area contributed by atoms with E-state index in [1.54, 1.807) is 13.8 Å². The number of fused-ring (bicyclic) bond motifs is 1. The molecule has 2 rings (SSSR count). The molecule has 0 aliphatic carbocycles. The minimum Gasteiger partial charge on any atom is -0.358 e. The maximum Gasteiger partial charge on any atom is 0.418 e. The van der Waals surface area contributed by atoms with Crippen molar-refractivity contribution in [3.63, 3.8) is 0 Å². The molecule has 0 saturated heterocycles. The Bertz CT molecular complexity index is 485. The van der Waals surface area contributed by atoms with Crippen LogP contribution in [0.25, 0.3) is 0 Å². The van der Waals surface area contributed by atoms with E-state index in [0.29, 0.717) is 6.54 Å². The molecule has 0 fully saturated rings. The van der Waals surface area contributed by atoms with Gasteiger partial charge in [0, 0.05) is 6.54 Å². The molecule has 1 N–H and O–H groups in total. The Balaban J connectivity index is 2.64. The number of nitrogens with one attached hydrogen (secondary N) is 1. The van der Waals surface area contributed by atoms with Gasteiger partial charge in [-0.3, -0.25) is 4.79 Å². The van der Waals surface area contributed by atoms with Crippen molar-refractivity contribution in [2.24, 2.45) is 0 Å². The molecule has 0 saturated carbocycles. The van der Waals surface area contributed by atoms with E-state index in [0.717, 1.165) is 6.07 Å². The predicted molar refractivity (Wildman–Crippen MR) is 62.6 cm³/mol. The van der Waals surface area contributed by atoms with Gasteiger partial charge < -0.3 is 10.2 Å². The van der Waals surface area contributed by atoms with Gasteiger partial charge in [0.15, 0.2) is 0 Å². The Kier molecular flexibility index (Phi) is 2.96. The fraction of sp³-hybridized carbons (Fsp3) is 0.417. The van der Waals surface area contributed by atoms with Gasteiger partial charge in [-0.2, -0.15) is 13.2 Å². The van der Waals surface area contributed by atoms with E-state index in [9.17, 15) is 18.0 Å². The fourth-order valence-corrected chi connectivity index (χ4v) is 2.19. The molecule has 1 aliphatic heterocycles. The van der Waals surface area contributed by atoms with E-state index in [1.807, 2.05) is 0 Å². The molecule has 1 atom stereocenters. The highest BCUT2D eigenvalue weighted by atomic mass is 19.4. The molecule has 6 heteroatoms. The largest absolute Gasteiger partial charge is 0.418 e. The maximum absolute atomic E-state index is 13.0. The molecule has 1 amide bonds. The number of rotatable bonds is 1. The van der Waals surface area contributed by atoms with Crippen molar-refractivity contribution in [3.05, 3.63) is 23.8 Å². The van der Waals surface area contributed by atoms with Crippen molar-refractivity contribution in [2.45, 2.75) is 26.1 Å². The molecular formula is C12H13F3N2O. The Morgan fingerprint density at radius 1 is 1.39 bits per heavy atom. The summed E-state index contributed by atoms with van der Waals surface area (Å²) in [6.45, 7) is 3.66. The summed E-state index contributed by atoms with van der Waals surface area (Å²) in [5, 5.41) is 2.51. The highest BCUT2D eigenvalue weighted by Crippen LogP contribution is 2.43. The van der Waals surface area contributed by atoms with E-state index in [1.165, 1.54) is 17.0 Å². The van der Waals surface area contributed by atoms with Crippen molar-refractivity contribution in [1.29, 1.82) is 0 Å². The highest BCUT2D eigenvalue weighted by Gasteiger charge is 2.39. The number of carbonyl (C=O) groups is 1. The van der Waals surface area contributed by atoms with Gasteiger partial charge in [-0.1, -0.05) is 6.07 Å². The van der Waals surface area contributed by atoms with Crippen molar-refractivity contribution in [1.82, 2.24) is 0 Å². The first-order valence-corrected chi connectivity index (χ1v) is 5.64. The molecule has 3 nitrogen and oxygen atoms in total. The minimum absolute atomic E-state index is 0.0552. The van der Waals surface area contributed by atoms with Crippen LogP contribution in [0, 0.1) is 0 Å². The summed E-state index contributed by atoms with van der Waals surface area (Å²) in [7, 11) is 0. The number of hydrogen-bond donors (Lipinski definition) is 1. The molecule has 0 bridgehead atoms. The van der Waals surface area contributed by atoms with Crippen LogP contribution in [0.1, 0.15) is 19.4 Å².